The Morgan fingerprint density at radius 2 is 1.71 bits per heavy atom. The summed E-state index contributed by atoms with van der Waals surface area (Å²) in [5, 5.41) is 10.1. The molecule has 0 spiro atoms. The highest BCUT2D eigenvalue weighted by molar-refractivity contribution is 5.28. The Morgan fingerprint density at radius 3 is 2.18 bits per heavy atom. The average Bonchev–Trinajstić information content (AvgIpc) is 2.28. The molecular weight excluding hydrogens is 212 g/mol. The van der Waals surface area contributed by atoms with Crippen molar-refractivity contribution in [2.75, 3.05) is 0 Å². The molecule has 0 aliphatic rings. The van der Waals surface area contributed by atoms with Crippen molar-refractivity contribution in [2.24, 2.45) is 5.92 Å². The number of aliphatic hydroxyl groups is 1. The van der Waals surface area contributed by atoms with Gasteiger partial charge in [-0.25, -0.2) is 0 Å². The molecule has 0 aliphatic heterocycles. The van der Waals surface area contributed by atoms with Crippen molar-refractivity contribution in [3.63, 3.8) is 0 Å². The molecule has 2 heteroatoms. The van der Waals surface area contributed by atoms with E-state index in [9.17, 15) is 5.11 Å². The molecule has 0 fully saturated rings. The van der Waals surface area contributed by atoms with Crippen LogP contribution in [0.4, 0.5) is 0 Å². The molecule has 0 aliphatic carbocycles. The molecule has 0 amide bonds. The smallest absolute Gasteiger partial charge is 0.119 e. The third-order valence-electron chi connectivity index (χ3n) is 2.96. The minimum absolute atomic E-state index is 0.186. The molecule has 0 saturated heterocycles. The fraction of sp³-hybridized carbons (Fsp3) is 0.600. The maximum atomic E-state index is 10.1. The number of benzene rings is 1. The van der Waals surface area contributed by atoms with E-state index >= 15 is 0 Å². The topological polar surface area (TPSA) is 29.5 Å². The standard InChI is InChI=1S/C15H24O2/c1-5-12(4)10-15(16)13-6-8-14(9-7-13)17-11(2)3/h6-9,11-12,15-16H,5,10H2,1-4H3. The van der Waals surface area contributed by atoms with Crippen LogP contribution in [0.15, 0.2) is 24.3 Å². The lowest BCUT2D eigenvalue weighted by Gasteiger charge is -2.16. The first-order valence-corrected chi connectivity index (χ1v) is 6.47. The lowest BCUT2D eigenvalue weighted by atomic mass is 9.96. The highest BCUT2D eigenvalue weighted by Crippen LogP contribution is 2.24. The maximum Gasteiger partial charge on any atom is 0.119 e. The van der Waals surface area contributed by atoms with Crippen LogP contribution in [0, 0.1) is 5.92 Å². The van der Waals surface area contributed by atoms with Crippen LogP contribution in [-0.4, -0.2) is 11.2 Å². The van der Waals surface area contributed by atoms with Crippen LogP contribution >= 0.6 is 0 Å². The van der Waals surface area contributed by atoms with Gasteiger partial charge in [0, 0.05) is 0 Å². The van der Waals surface area contributed by atoms with Gasteiger partial charge in [0.2, 0.25) is 0 Å². The second-order valence-corrected chi connectivity index (χ2v) is 5.00. The van der Waals surface area contributed by atoms with Crippen molar-refractivity contribution in [3.8, 4) is 5.75 Å². The first-order chi connectivity index (χ1) is 8.02. The van der Waals surface area contributed by atoms with Crippen LogP contribution in [0.25, 0.3) is 0 Å². The van der Waals surface area contributed by atoms with Crippen molar-refractivity contribution in [2.45, 2.75) is 52.7 Å². The molecule has 1 N–H and O–H groups in total. The normalized spacial score (nSPS) is 14.7. The molecule has 1 aromatic rings. The highest BCUT2D eigenvalue weighted by Gasteiger charge is 2.11. The van der Waals surface area contributed by atoms with E-state index in [2.05, 4.69) is 13.8 Å². The minimum atomic E-state index is -0.363. The molecular formula is C15H24O2. The van der Waals surface area contributed by atoms with E-state index in [1.807, 2.05) is 38.1 Å². The largest absolute Gasteiger partial charge is 0.491 e. The number of rotatable bonds is 6. The van der Waals surface area contributed by atoms with Gasteiger partial charge in [0.15, 0.2) is 0 Å². The zero-order valence-electron chi connectivity index (χ0n) is 11.3. The molecule has 2 unspecified atom stereocenters. The van der Waals surface area contributed by atoms with E-state index in [1.54, 1.807) is 0 Å². The average molecular weight is 236 g/mol. The highest BCUT2D eigenvalue weighted by atomic mass is 16.5. The zero-order valence-corrected chi connectivity index (χ0v) is 11.3. The first kappa shape index (κ1) is 14.0. The van der Waals surface area contributed by atoms with Gasteiger partial charge in [0.05, 0.1) is 12.2 Å². The summed E-state index contributed by atoms with van der Waals surface area (Å²) >= 11 is 0. The summed E-state index contributed by atoms with van der Waals surface area (Å²) < 4.78 is 5.57. The lowest BCUT2D eigenvalue weighted by molar-refractivity contribution is 0.146. The van der Waals surface area contributed by atoms with E-state index in [1.165, 1.54) is 0 Å². The summed E-state index contributed by atoms with van der Waals surface area (Å²) in [7, 11) is 0. The van der Waals surface area contributed by atoms with Gasteiger partial charge in [-0.1, -0.05) is 32.4 Å². The monoisotopic (exact) mass is 236 g/mol. The quantitative estimate of drug-likeness (QED) is 0.810. The van der Waals surface area contributed by atoms with Crippen molar-refractivity contribution in [3.05, 3.63) is 29.8 Å². The zero-order chi connectivity index (χ0) is 12.8. The molecule has 1 rings (SSSR count). The molecule has 0 radical (unpaired) electrons. The van der Waals surface area contributed by atoms with Crippen LogP contribution < -0.4 is 4.74 Å². The summed E-state index contributed by atoms with van der Waals surface area (Å²) in [6.07, 6.45) is 1.75. The first-order valence-electron chi connectivity index (χ1n) is 6.47. The third kappa shape index (κ3) is 4.78. The van der Waals surface area contributed by atoms with E-state index < -0.39 is 0 Å². The minimum Gasteiger partial charge on any atom is -0.491 e. The van der Waals surface area contributed by atoms with Gasteiger partial charge in [0.1, 0.15) is 5.75 Å². The van der Waals surface area contributed by atoms with Gasteiger partial charge in [-0.3, -0.25) is 0 Å². The van der Waals surface area contributed by atoms with Gasteiger partial charge in [-0.15, -0.1) is 0 Å². The predicted molar refractivity (Wildman–Crippen MR) is 71.2 cm³/mol. The Hall–Kier alpha value is -1.02. The summed E-state index contributed by atoms with van der Waals surface area (Å²) in [5.41, 5.74) is 0.974. The molecule has 0 bridgehead atoms. The summed E-state index contributed by atoms with van der Waals surface area (Å²) in [6, 6.07) is 7.75. The van der Waals surface area contributed by atoms with Crippen molar-refractivity contribution < 1.29 is 9.84 Å². The molecule has 2 atom stereocenters. The predicted octanol–water partition coefficient (Wildman–Crippen LogP) is 3.94. The fourth-order valence-corrected chi connectivity index (χ4v) is 1.72. The lowest BCUT2D eigenvalue weighted by Crippen LogP contribution is -2.06. The molecule has 0 saturated carbocycles. The van der Waals surface area contributed by atoms with Crippen molar-refractivity contribution in [1.82, 2.24) is 0 Å². The Morgan fingerprint density at radius 1 is 1.12 bits per heavy atom. The van der Waals surface area contributed by atoms with Gasteiger partial charge in [-0.2, -0.15) is 0 Å². The molecule has 17 heavy (non-hydrogen) atoms. The number of aliphatic hydroxyl groups excluding tert-OH is 1. The van der Waals surface area contributed by atoms with E-state index in [0.717, 1.165) is 24.2 Å². The van der Waals surface area contributed by atoms with Gasteiger partial charge < -0.3 is 9.84 Å². The summed E-state index contributed by atoms with van der Waals surface area (Å²) in [6.45, 7) is 8.33. The van der Waals surface area contributed by atoms with E-state index in [0.29, 0.717) is 5.92 Å². The number of hydrogen-bond donors (Lipinski definition) is 1. The van der Waals surface area contributed by atoms with Crippen LogP contribution in [0.5, 0.6) is 5.75 Å². The molecule has 0 heterocycles. The summed E-state index contributed by atoms with van der Waals surface area (Å²) in [4.78, 5) is 0. The van der Waals surface area contributed by atoms with Crippen LogP contribution in [0.2, 0.25) is 0 Å². The van der Waals surface area contributed by atoms with Crippen molar-refractivity contribution in [1.29, 1.82) is 0 Å². The Labute approximate surface area is 105 Å². The van der Waals surface area contributed by atoms with Crippen LogP contribution in [0.1, 0.15) is 52.2 Å². The fourth-order valence-electron chi connectivity index (χ4n) is 1.72. The van der Waals surface area contributed by atoms with Crippen LogP contribution in [0.3, 0.4) is 0 Å². The van der Waals surface area contributed by atoms with E-state index in [-0.39, 0.29) is 12.2 Å². The van der Waals surface area contributed by atoms with E-state index in [4.69, 9.17) is 4.74 Å². The molecule has 0 aromatic heterocycles. The summed E-state index contributed by atoms with van der Waals surface area (Å²) in [5.74, 6) is 1.41. The third-order valence-corrected chi connectivity index (χ3v) is 2.96. The van der Waals surface area contributed by atoms with Gasteiger partial charge >= 0.3 is 0 Å². The SMILES string of the molecule is CCC(C)CC(O)c1ccc(OC(C)C)cc1. The number of hydrogen-bond acceptors (Lipinski definition) is 2. The van der Waals surface area contributed by atoms with Crippen molar-refractivity contribution >= 4 is 0 Å². The van der Waals surface area contributed by atoms with Gasteiger partial charge in [0.25, 0.3) is 0 Å². The molecule has 2 nitrogen and oxygen atoms in total. The molecule has 1 aromatic carbocycles. The van der Waals surface area contributed by atoms with Crippen LogP contribution in [-0.2, 0) is 0 Å². The Kier molecular flexibility index (Phi) is 5.49. The molecule has 96 valence electrons. The Balaban J connectivity index is 2.60. The number of ether oxygens (including phenoxy) is 1. The second kappa shape index (κ2) is 6.65. The second-order valence-electron chi connectivity index (χ2n) is 5.00. The van der Waals surface area contributed by atoms with Gasteiger partial charge in [-0.05, 0) is 43.9 Å². The maximum absolute atomic E-state index is 10.1. The Bertz CT molecular complexity index is 316.